The molecule has 124 valence electrons. The quantitative estimate of drug-likeness (QED) is 0.863. The Morgan fingerprint density at radius 1 is 1.08 bits per heavy atom. The number of hydrogen-bond donors (Lipinski definition) is 1. The molecule has 1 N–H and O–H groups in total. The number of halogens is 1. The monoisotopic (exact) mass is 343 g/mol. The second kappa shape index (κ2) is 5.64. The lowest BCUT2D eigenvalue weighted by Crippen LogP contribution is -2.27. The van der Waals surface area contributed by atoms with Crippen LogP contribution in [-0.2, 0) is 6.54 Å². The highest BCUT2D eigenvalue weighted by molar-refractivity contribution is 6.31. The van der Waals surface area contributed by atoms with Crippen molar-refractivity contribution in [2.24, 2.45) is 0 Å². The highest BCUT2D eigenvalue weighted by Gasteiger charge is 2.21. The molecule has 0 saturated carbocycles. The van der Waals surface area contributed by atoms with Crippen molar-refractivity contribution in [3.63, 3.8) is 0 Å². The number of rotatable bonds is 3. The summed E-state index contributed by atoms with van der Waals surface area (Å²) >= 11 is 6.31. The third kappa shape index (κ3) is 2.89. The van der Waals surface area contributed by atoms with E-state index in [9.17, 15) is 0 Å². The van der Waals surface area contributed by atoms with Gasteiger partial charge in [0.1, 0.15) is 11.4 Å². The van der Waals surface area contributed by atoms with E-state index in [4.69, 9.17) is 25.8 Å². The zero-order valence-electron chi connectivity index (χ0n) is 13.6. The van der Waals surface area contributed by atoms with E-state index in [0.29, 0.717) is 17.3 Å². The van der Waals surface area contributed by atoms with Crippen LogP contribution in [0.3, 0.4) is 0 Å². The lowest BCUT2D eigenvalue weighted by atomic mass is 10.0. The van der Waals surface area contributed by atoms with Crippen molar-refractivity contribution in [1.82, 2.24) is 0 Å². The average Bonchev–Trinajstić information content (AvgIpc) is 2.99. The van der Waals surface area contributed by atoms with Gasteiger partial charge in [0, 0.05) is 28.9 Å². The first-order valence-corrected chi connectivity index (χ1v) is 8.22. The first kappa shape index (κ1) is 15.2. The van der Waals surface area contributed by atoms with Gasteiger partial charge >= 0.3 is 0 Å². The van der Waals surface area contributed by atoms with Gasteiger partial charge in [-0.3, -0.25) is 0 Å². The third-order valence-electron chi connectivity index (χ3n) is 4.07. The molecule has 0 radical (unpaired) electrons. The van der Waals surface area contributed by atoms with Crippen LogP contribution in [0.2, 0.25) is 5.02 Å². The van der Waals surface area contributed by atoms with Gasteiger partial charge in [-0.1, -0.05) is 17.7 Å². The molecule has 2 heterocycles. The number of benzene rings is 2. The first-order chi connectivity index (χ1) is 11.5. The van der Waals surface area contributed by atoms with Crippen molar-refractivity contribution >= 4 is 23.4 Å². The molecule has 4 nitrogen and oxygen atoms in total. The maximum Gasteiger partial charge on any atom is 0.231 e. The second-order valence-corrected chi connectivity index (χ2v) is 6.85. The van der Waals surface area contributed by atoms with Crippen molar-refractivity contribution < 1.29 is 14.2 Å². The van der Waals surface area contributed by atoms with Gasteiger partial charge in [0.2, 0.25) is 6.79 Å². The van der Waals surface area contributed by atoms with Crippen LogP contribution in [0.25, 0.3) is 6.08 Å². The van der Waals surface area contributed by atoms with Crippen LogP contribution >= 0.6 is 11.6 Å². The summed E-state index contributed by atoms with van der Waals surface area (Å²) in [7, 11) is 0. The van der Waals surface area contributed by atoms with E-state index in [2.05, 4.69) is 23.5 Å². The van der Waals surface area contributed by atoms with Crippen LogP contribution in [0.4, 0.5) is 5.69 Å². The summed E-state index contributed by atoms with van der Waals surface area (Å²) in [6, 6.07) is 9.79. The summed E-state index contributed by atoms with van der Waals surface area (Å²) in [6.45, 7) is 4.93. The van der Waals surface area contributed by atoms with E-state index in [1.165, 1.54) is 0 Å². The van der Waals surface area contributed by atoms with Crippen molar-refractivity contribution in [3.8, 4) is 17.2 Å². The predicted octanol–water partition coefficient (Wildman–Crippen LogP) is 4.87. The van der Waals surface area contributed by atoms with Gasteiger partial charge in [-0.2, -0.15) is 0 Å². The van der Waals surface area contributed by atoms with Gasteiger partial charge < -0.3 is 19.5 Å². The summed E-state index contributed by atoms with van der Waals surface area (Å²) in [4.78, 5) is 0. The molecule has 0 spiro atoms. The molecule has 2 aliphatic rings. The maximum absolute atomic E-state index is 6.31. The molecule has 0 bridgehead atoms. The Hall–Kier alpha value is -2.33. The van der Waals surface area contributed by atoms with Crippen LogP contribution in [0.15, 0.2) is 36.4 Å². The van der Waals surface area contributed by atoms with Crippen LogP contribution in [0, 0.1) is 0 Å². The molecule has 0 atom stereocenters. The van der Waals surface area contributed by atoms with Crippen molar-refractivity contribution in [2.45, 2.75) is 26.0 Å². The molecule has 0 unspecified atom stereocenters. The summed E-state index contributed by atoms with van der Waals surface area (Å²) in [5.74, 6) is 2.33. The molecule has 0 aliphatic carbocycles. The van der Waals surface area contributed by atoms with E-state index >= 15 is 0 Å². The van der Waals surface area contributed by atoms with Gasteiger partial charge in [-0.05, 0) is 49.8 Å². The molecule has 0 saturated heterocycles. The highest BCUT2D eigenvalue weighted by Crippen LogP contribution is 2.37. The Labute approximate surface area is 146 Å². The molecule has 4 rings (SSSR count). The zero-order chi connectivity index (χ0) is 16.7. The van der Waals surface area contributed by atoms with Crippen molar-refractivity contribution in [2.75, 3.05) is 12.1 Å². The SMILES string of the molecule is CC1(C)C=Cc2cc(NCc3cc4c(cc3Cl)OCO4)ccc2O1. The van der Waals surface area contributed by atoms with Gasteiger partial charge in [0.15, 0.2) is 11.5 Å². The molecule has 2 aromatic rings. The minimum atomic E-state index is -0.262. The van der Waals surface area contributed by atoms with Crippen LogP contribution < -0.4 is 19.5 Å². The lowest BCUT2D eigenvalue weighted by Gasteiger charge is -2.28. The Morgan fingerprint density at radius 3 is 2.71 bits per heavy atom. The minimum Gasteiger partial charge on any atom is -0.483 e. The topological polar surface area (TPSA) is 39.7 Å². The van der Waals surface area contributed by atoms with Gasteiger partial charge in [-0.25, -0.2) is 0 Å². The smallest absolute Gasteiger partial charge is 0.231 e. The maximum atomic E-state index is 6.31. The zero-order valence-corrected chi connectivity index (χ0v) is 14.3. The number of hydrogen-bond acceptors (Lipinski definition) is 4. The fourth-order valence-corrected chi connectivity index (χ4v) is 3.00. The summed E-state index contributed by atoms with van der Waals surface area (Å²) in [6.07, 6.45) is 4.16. The summed E-state index contributed by atoms with van der Waals surface area (Å²) in [5, 5.41) is 4.06. The highest BCUT2D eigenvalue weighted by atomic mass is 35.5. The molecule has 5 heteroatoms. The van der Waals surface area contributed by atoms with Crippen LogP contribution in [0.1, 0.15) is 25.0 Å². The minimum absolute atomic E-state index is 0.246. The third-order valence-corrected chi connectivity index (χ3v) is 4.42. The molecular formula is C19H18ClNO3. The molecular weight excluding hydrogens is 326 g/mol. The van der Waals surface area contributed by atoms with E-state index in [1.54, 1.807) is 6.07 Å². The summed E-state index contributed by atoms with van der Waals surface area (Å²) < 4.78 is 16.7. The van der Waals surface area contributed by atoms with E-state index < -0.39 is 0 Å². The Balaban J connectivity index is 1.51. The molecule has 0 amide bonds. The van der Waals surface area contributed by atoms with Gasteiger partial charge in [0.05, 0.1) is 0 Å². The summed E-state index contributed by atoms with van der Waals surface area (Å²) in [5.41, 5.74) is 2.78. The molecule has 0 fully saturated rings. The molecule has 2 aliphatic heterocycles. The van der Waals surface area contributed by atoms with E-state index in [0.717, 1.165) is 28.3 Å². The Kier molecular flexibility index (Phi) is 3.57. The Bertz CT molecular complexity index is 830. The number of nitrogens with one attached hydrogen (secondary N) is 1. The molecule has 24 heavy (non-hydrogen) atoms. The number of ether oxygens (including phenoxy) is 3. The number of fused-ring (bicyclic) bond motifs is 2. The molecule has 2 aromatic carbocycles. The normalized spacial score (nSPS) is 16.5. The average molecular weight is 344 g/mol. The van der Waals surface area contributed by atoms with Crippen LogP contribution in [-0.4, -0.2) is 12.4 Å². The van der Waals surface area contributed by atoms with Crippen molar-refractivity contribution in [1.29, 1.82) is 0 Å². The van der Waals surface area contributed by atoms with E-state index in [-0.39, 0.29) is 12.4 Å². The van der Waals surface area contributed by atoms with Crippen molar-refractivity contribution in [3.05, 3.63) is 52.6 Å². The first-order valence-electron chi connectivity index (χ1n) is 7.84. The molecule has 0 aromatic heterocycles. The van der Waals surface area contributed by atoms with Gasteiger partial charge in [0.25, 0.3) is 0 Å². The lowest BCUT2D eigenvalue weighted by molar-refractivity contribution is 0.159. The second-order valence-electron chi connectivity index (χ2n) is 6.44. The van der Waals surface area contributed by atoms with E-state index in [1.807, 2.05) is 32.0 Å². The standard InChI is InChI=1S/C19H18ClNO3/c1-19(2)6-5-12-7-14(3-4-16(12)24-19)21-10-13-8-17-18(9-15(13)20)23-11-22-17/h3-9,21H,10-11H2,1-2H3. The Morgan fingerprint density at radius 2 is 1.88 bits per heavy atom. The number of anilines is 1. The fraction of sp³-hybridized carbons (Fsp3) is 0.263. The predicted molar refractivity (Wildman–Crippen MR) is 95.1 cm³/mol. The van der Waals surface area contributed by atoms with Crippen LogP contribution in [0.5, 0.6) is 17.2 Å². The largest absolute Gasteiger partial charge is 0.483 e. The van der Waals surface area contributed by atoms with Gasteiger partial charge in [-0.15, -0.1) is 0 Å². The fourth-order valence-electron chi connectivity index (χ4n) is 2.78.